The fourth-order valence-electron chi connectivity index (χ4n) is 4.63. The molecule has 0 radical (unpaired) electrons. The van der Waals surface area contributed by atoms with Crippen molar-refractivity contribution in [3.05, 3.63) is 41.6 Å². The van der Waals surface area contributed by atoms with Crippen LogP contribution in [0.25, 0.3) is 0 Å². The number of aryl methyl sites for hydroxylation is 1. The monoisotopic (exact) mass is 423 g/mol. The third kappa shape index (κ3) is 4.19. The van der Waals surface area contributed by atoms with Crippen LogP contribution in [0.1, 0.15) is 49.7 Å². The molecule has 1 unspecified atom stereocenters. The summed E-state index contributed by atoms with van der Waals surface area (Å²) in [6.45, 7) is 6.25. The van der Waals surface area contributed by atoms with Crippen molar-refractivity contribution in [1.82, 2.24) is 15.3 Å². The first kappa shape index (κ1) is 21.1. The van der Waals surface area contributed by atoms with Crippen LogP contribution in [0, 0.1) is 12.3 Å². The van der Waals surface area contributed by atoms with Crippen molar-refractivity contribution in [2.75, 3.05) is 29.9 Å². The summed E-state index contributed by atoms with van der Waals surface area (Å²) >= 11 is 0. The van der Waals surface area contributed by atoms with Gasteiger partial charge < -0.3 is 20.6 Å². The van der Waals surface area contributed by atoms with Crippen LogP contribution in [0.3, 0.4) is 0 Å². The molecule has 2 aliphatic heterocycles. The Morgan fingerprint density at radius 1 is 1.26 bits per heavy atom. The summed E-state index contributed by atoms with van der Waals surface area (Å²) in [5, 5.41) is 15.5. The maximum absolute atomic E-state index is 12.2. The molecule has 0 bridgehead atoms. The molecule has 1 aromatic carbocycles. The number of nitrogens with one attached hydrogen (secondary N) is 2. The van der Waals surface area contributed by atoms with E-state index in [1.54, 1.807) is 0 Å². The highest BCUT2D eigenvalue weighted by atomic mass is 16.4. The van der Waals surface area contributed by atoms with E-state index in [-0.39, 0.29) is 11.3 Å². The number of carbonyl (C=O) groups is 2. The highest BCUT2D eigenvalue weighted by Crippen LogP contribution is 2.39. The normalized spacial score (nSPS) is 18.6. The zero-order chi connectivity index (χ0) is 22.0. The maximum Gasteiger partial charge on any atom is 0.310 e. The van der Waals surface area contributed by atoms with Crippen LogP contribution >= 0.6 is 0 Å². The summed E-state index contributed by atoms with van der Waals surface area (Å²) in [7, 11) is 0. The molecule has 31 heavy (non-hydrogen) atoms. The standard InChI is InChI=1S/C23H29N5O3/c1-3-18(20(29)30)16-4-6-17(7-5-16)26-22-25-14-15(2)19(27-22)28-12-9-23(10-13-28)8-11-24-21(23)31/h4-7,14,18H,3,8-13H2,1-2H3,(H,24,31)(H,29,30)(H,25,26,27). The Morgan fingerprint density at radius 2 is 1.97 bits per heavy atom. The molecule has 2 aromatic rings. The van der Waals surface area contributed by atoms with Crippen molar-refractivity contribution in [3.8, 4) is 0 Å². The van der Waals surface area contributed by atoms with Crippen LogP contribution in [0.5, 0.6) is 0 Å². The number of benzene rings is 1. The molecule has 3 heterocycles. The Bertz CT molecular complexity index is 968. The minimum absolute atomic E-state index is 0.200. The molecule has 3 N–H and O–H groups in total. The quantitative estimate of drug-likeness (QED) is 0.655. The summed E-state index contributed by atoms with van der Waals surface area (Å²) in [6, 6.07) is 7.37. The lowest BCUT2D eigenvalue weighted by atomic mass is 9.77. The lowest BCUT2D eigenvalue weighted by Crippen LogP contribution is -2.44. The number of carboxylic acid groups (broad SMARTS) is 1. The number of carbonyl (C=O) groups excluding carboxylic acids is 1. The first-order chi connectivity index (χ1) is 14.9. The van der Waals surface area contributed by atoms with Crippen LogP contribution < -0.4 is 15.5 Å². The Kier molecular flexibility index (Phi) is 5.80. The third-order valence-electron chi connectivity index (χ3n) is 6.61. The van der Waals surface area contributed by atoms with Crippen molar-refractivity contribution in [1.29, 1.82) is 0 Å². The van der Waals surface area contributed by atoms with Gasteiger partial charge in [0, 0.05) is 37.1 Å². The molecule has 1 atom stereocenters. The minimum Gasteiger partial charge on any atom is -0.481 e. The first-order valence-corrected chi connectivity index (χ1v) is 10.9. The molecule has 2 fully saturated rings. The smallest absolute Gasteiger partial charge is 0.310 e. The molecule has 4 rings (SSSR count). The number of piperidine rings is 1. The van der Waals surface area contributed by atoms with Crippen molar-refractivity contribution in [3.63, 3.8) is 0 Å². The Morgan fingerprint density at radius 3 is 2.55 bits per heavy atom. The van der Waals surface area contributed by atoms with Gasteiger partial charge in [-0.15, -0.1) is 0 Å². The van der Waals surface area contributed by atoms with Gasteiger partial charge in [0.15, 0.2) is 0 Å². The number of anilines is 3. The minimum atomic E-state index is -0.812. The molecule has 8 heteroatoms. The molecule has 0 aliphatic carbocycles. The fraction of sp³-hybridized carbons (Fsp3) is 0.478. The number of aromatic nitrogens is 2. The number of nitrogens with zero attached hydrogens (tertiary/aromatic N) is 3. The van der Waals surface area contributed by atoms with Gasteiger partial charge in [-0.3, -0.25) is 9.59 Å². The highest BCUT2D eigenvalue weighted by molar-refractivity contribution is 5.85. The molecule has 1 aromatic heterocycles. The van der Waals surface area contributed by atoms with Crippen molar-refractivity contribution < 1.29 is 14.7 Å². The topological polar surface area (TPSA) is 107 Å². The van der Waals surface area contributed by atoms with Gasteiger partial charge in [0.2, 0.25) is 11.9 Å². The van der Waals surface area contributed by atoms with E-state index in [4.69, 9.17) is 4.98 Å². The lowest BCUT2D eigenvalue weighted by molar-refractivity contribution is -0.138. The number of hydrogen-bond acceptors (Lipinski definition) is 6. The summed E-state index contributed by atoms with van der Waals surface area (Å²) in [5.74, 6) is 0.274. The third-order valence-corrected chi connectivity index (χ3v) is 6.61. The number of rotatable bonds is 6. The molecule has 1 spiro atoms. The van der Waals surface area contributed by atoms with Gasteiger partial charge in [-0.2, -0.15) is 4.98 Å². The van der Waals surface area contributed by atoms with Crippen LogP contribution in [0.4, 0.5) is 17.5 Å². The number of aliphatic carboxylic acids is 1. The summed E-state index contributed by atoms with van der Waals surface area (Å²) in [6.07, 6.45) is 4.96. The number of amides is 1. The summed E-state index contributed by atoms with van der Waals surface area (Å²) in [4.78, 5) is 35.0. The molecule has 2 aliphatic rings. The molecule has 164 valence electrons. The second-order valence-electron chi connectivity index (χ2n) is 8.52. The average molecular weight is 424 g/mol. The molecule has 8 nitrogen and oxygen atoms in total. The zero-order valence-corrected chi connectivity index (χ0v) is 18.0. The summed E-state index contributed by atoms with van der Waals surface area (Å²) in [5.41, 5.74) is 2.38. The number of carboxylic acids is 1. The van der Waals surface area contributed by atoms with Crippen LogP contribution in [0.15, 0.2) is 30.5 Å². The van der Waals surface area contributed by atoms with E-state index in [0.29, 0.717) is 12.4 Å². The first-order valence-electron chi connectivity index (χ1n) is 10.9. The predicted octanol–water partition coefficient (Wildman–Crippen LogP) is 3.21. The lowest BCUT2D eigenvalue weighted by Gasteiger charge is -2.38. The SMILES string of the molecule is CCC(C(=O)O)c1ccc(Nc2ncc(C)c(N3CCC4(CCNC4=O)CC3)n2)cc1. The second-order valence-corrected chi connectivity index (χ2v) is 8.52. The Balaban J connectivity index is 1.46. The molecule has 1 amide bonds. The summed E-state index contributed by atoms with van der Waals surface area (Å²) < 4.78 is 0. The van der Waals surface area contributed by atoms with E-state index in [0.717, 1.165) is 61.5 Å². The van der Waals surface area contributed by atoms with Crippen LogP contribution in [-0.4, -0.2) is 46.6 Å². The Hall–Kier alpha value is -3.16. The van der Waals surface area contributed by atoms with Gasteiger partial charge in [0.05, 0.1) is 11.3 Å². The van der Waals surface area contributed by atoms with Crippen LogP contribution in [0.2, 0.25) is 0 Å². The van der Waals surface area contributed by atoms with E-state index >= 15 is 0 Å². The molecule has 2 saturated heterocycles. The average Bonchev–Trinajstić information content (AvgIpc) is 3.11. The highest BCUT2D eigenvalue weighted by Gasteiger charge is 2.44. The number of hydrogen-bond donors (Lipinski definition) is 3. The zero-order valence-electron chi connectivity index (χ0n) is 18.0. The fourth-order valence-corrected chi connectivity index (χ4v) is 4.63. The van der Waals surface area contributed by atoms with Gasteiger partial charge in [-0.05, 0) is 50.3 Å². The van der Waals surface area contributed by atoms with E-state index in [2.05, 4.69) is 20.5 Å². The predicted molar refractivity (Wildman–Crippen MR) is 119 cm³/mol. The van der Waals surface area contributed by atoms with E-state index in [9.17, 15) is 14.7 Å². The van der Waals surface area contributed by atoms with E-state index in [1.165, 1.54) is 0 Å². The van der Waals surface area contributed by atoms with Crippen molar-refractivity contribution >= 4 is 29.3 Å². The molecular formula is C23H29N5O3. The van der Waals surface area contributed by atoms with E-state index < -0.39 is 11.9 Å². The van der Waals surface area contributed by atoms with Crippen molar-refractivity contribution in [2.24, 2.45) is 5.41 Å². The van der Waals surface area contributed by atoms with Gasteiger partial charge in [0.1, 0.15) is 5.82 Å². The molecular weight excluding hydrogens is 394 g/mol. The van der Waals surface area contributed by atoms with Gasteiger partial charge in [0.25, 0.3) is 0 Å². The van der Waals surface area contributed by atoms with E-state index in [1.807, 2.05) is 44.3 Å². The molecule has 0 saturated carbocycles. The maximum atomic E-state index is 12.2. The van der Waals surface area contributed by atoms with Gasteiger partial charge in [-0.25, -0.2) is 4.98 Å². The van der Waals surface area contributed by atoms with Crippen LogP contribution in [-0.2, 0) is 9.59 Å². The Labute approximate surface area is 182 Å². The largest absolute Gasteiger partial charge is 0.481 e. The van der Waals surface area contributed by atoms with Gasteiger partial charge in [-0.1, -0.05) is 19.1 Å². The van der Waals surface area contributed by atoms with Crippen molar-refractivity contribution in [2.45, 2.75) is 45.4 Å². The van der Waals surface area contributed by atoms with Gasteiger partial charge >= 0.3 is 5.97 Å². The second kappa shape index (κ2) is 8.53.